The smallest absolute Gasteiger partial charge is 0.230 e. The quantitative estimate of drug-likeness (QED) is 0.740. The molecule has 126 valence electrons. The van der Waals surface area contributed by atoms with Crippen LogP contribution in [0, 0.1) is 0 Å². The van der Waals surface area contributed by atoms with Crippen LogP contribution in [0.3, 0.4) is 0 Å². The van der Waals surface area contributed by atoms with E-state index in [-0.39, 0.29) is 11.3 Å². The Morgan fingerprint density at radius 1 is 1.08 bits per heavy atom. The lowest BCUT2D eigenvalue weighted by Gasteiger charge is -2.15. The molecule has 5 heteroatoms. The van der Waals surface area contributed by atoms with Gasteiger partial charge in [0.05, 0.1) is 21.8 Å². The molecule has 0 bridgehead atoms. The lowest BCUT2D eigenvalue weighted by atomic mass is 9.95. The molecule has 2 heterocycles. The summed E-state index contributed by atoms with van der Waals surface area (Å²) in [5.41, 5.74) is 2.60. The number of aromatic nitrogens is 2. The summed E-state index contributed by atoms with van der Waals surface area (Å²) in [5.74, 6) is 0.139. The molecule has 0 saturated heterocycles. The number of benzene rings is 1. The molecule has 1 aliphatic carbocycles. The number of hydrogen-bond acceptors (Lipinski definition) is 4. The number of nitrogens with one attached hydrogen (secondary N) is 1. The van der Waals surface area contributed by atoms with Gasteiger partial charge in [-0.05, 0) is 30.5 Å². The van der Waals surface area contributed by atoms with Crippen molar-refractivity contribution in [2.24, 2.45) is 0 Å². The summed E-state index contributed by atoms with van der Waals surface area (Å²) in [4.78, 5) is 21.5. The Hall–Kier alpha value is -2.53. The van der Waals surface area contributed by atoms with Gasteiger partial charge in [-0.1, -0.05) is 36.4 Å². The molecule has 1 fully saturated rings. The molecule has 1 N–H and O–H groups in total. The summed E-state index contributed by atoms with van der Waals surface area (Å²) >= 11 is 1.61. The number of rotatable bonds is 6. The summed E-state index contributed by atoms with van der Waals surface area (Å²) in [5, 5.41) is 6.13. The molecule has 4 nitrogen and oxygen atoms in total. The van der Waals surface area contributed by atoms with Crippen molar-refractivity contribution in [1.82, 2.24) is 15.3 Å². The van der Waals surface area contributed by atoms with Crippen LogP contribution in [0.4, 0.5) is 0 Å². The number of thiazole rings is 1. The normalized spacial score (nSPS) is 14.9. The second kappa shape index (κ2) is 6.76. The van der Waals surface area contributed by atoms with Gasteiger partial charge in [0.15, 0.2) is 0 Å². The second-order valence-corrected chi connectivity index (χ2v) is 7.24. The molecular weight excluding hydrogens is 330 g/mol. The van der Waals surface area contributed by atoms with Crippen LogP contribution in [0.25, 0.3) is 11.4 Å². The van der Waals surface area contributed by atoms with Crippen molar-refractivity contribution in [1.29, 1.82) is 0 Å². The van der Waals surface area contributed by atoms with Gasteiger partial charge in [-0.15, -0.1) is 11.3 Å². The zero-order valence-corrected chi connectivity index (χ0v) is 14.6. The van der Waals surface area contributed by atoms with Crippen molar-refractivity contribution >= 4 is 17.2 Å². The van der Waals surface area contributed by atoms with Crippen molar-refractivity contribution in [2.45, 2.75) is 24.7 Å². The molecule has 1 amide bonds. The van der Waals surface area contributed by atoms with Crippen LogP contribution in [0.5, 0.6) is 0 Å². The standard InChI is InChI=1S/C20H19N3OS/c24-19(20(10-11-20)15-6-2-1-3-7-15)22-13-9-18-23-17(14-25-18)16-8-4-5-12-21-16/h1-8,12,14H,9-11,13H2,(H,22,24). The van der Waals surface area contributed by atoms with Crippen LogP contribution < -0.4 is 5.32 Å². The minimum atomic E-state index is -0.302. The number of carbonyl (C=O) groups excluding carboxylic acids is 1. The Morgan fingerprint density at radius 2 is 1.88 bits per heavy atom. The summed E-state index contributed by atoms with van der Waals surface area (Å²) in [6, 6.07) is 15.9. The van der Waals surface area contributed by atoms with Crippen molar-refractivity contribution in [3.8, 4) is 11.4 Å². The Kier molecular flexibility index (Phi) is 4.32. The fourth-order valence-electron chi connectivity index (χ4n) is 3.04. The molecule has 3 aromatic rings. The predicted octanol–water partition coefficient (Wildman–Crippen LogP) is 3.60. The van der Waals surface area contributed by atoms with Crippen LogP contribution in [-0.2, 0) is 16.6 Å². The third kappa shape index (κ3) is 3.33. The van der Waals surface area contributed by atoms with E-state index in [1.165, 1.54) is 0 Å². The highest BCUT2D eigenvalue weighted by Crippen LogP contribution is 2.48. The molecule has 0 aliphatic heterocycles. The van der Waals surface area contributed by atoms with E-state index in [9.17, 15) is 4.79 Å². The summed E-state index contributed by atoms with van der Waals surface area (Å²) in [7, 11) is 0. The molecule has 1 aliphatic rings. The van der Waals surface area contributed by atoms with Crippen LogP contribution in [0.15, 0.2) is 60.1 Å². The number of amides is 1. The summed E-state index contributed by atoms with van der Waals surface area (Å²) in [6.45, 7) is 0.614. The van der Waals surface area contributed by atoms with Gasteiger partial charge in [0.1, 0.15) is 0 Å². The molecule has 2 aromatic heterocycles. The largest absolute Gasteiger partial charge is 0.355 e. The molecular formula is C20H19N3OS. The third-order valence-corrected chi connectivity index (χ3v) is 5.52. The Balaban J connectivity index is 1.34. The minimum absolute atomic E-state index is 0.139. The monoisotopic (exact) mass is 349 g/mol. The average Bonchev–Trinajstić information content (AvgIpc) is 3.36. The van der Waals surface area contributed by atoms with E-state index in [1.54, 1.807) is 17.5 Å². The van der Waals surface area contributed by atoms with Gasteiger partial charge < -0.3 is 5.32 Å². The van der Waals surface area contributed by atoms with Gasteiger partial charge >= 0.3 is 0 Å². The molecule has 4 rings (SSSR count). The molecule has 0 atom stereocenters. The van der Waals surface area contributed by atoms with E-state index in [4.69, 9.17) is 0 Å². The number of carbonyl (C=O) groups is 1. The summed E-state index contributed by atoms with van der Waals surface area (Å²) in [6.07, 6.45) is 4.38. The zero-order valence-electron chi connectivity index (χ0n) is 13.8. The van der Waals surface area contributed by atoms with E-state index >= 15 is 0 Å². The van der Waals surface area contributed by atoms with Crippen LogP contribution in [-0.4, -0.2) is 22.4 Å². The van der Waals surface area contributed by atoms with Gasteiger partial charge in [0.25, 0.3) is 0 Å². The number of pyridine rings is 1. The Bertz CT molecular complexity index is 857. The highest BCUT2D eigenvalue weighted by molar-refractivity contribution is 7.09. The maximum Gasteiger partial charge on any atom is 0.230 e. The van der Waals surface area contributed by atoms with Gasteiger partial charge in [-0.25, -0.2) is 4.98 Å². The molecule has 25 heavy (non-hydrogen) atoms. The molecule has 1 aromatic carbocycles. The SMILES string of the molecule is O=C(NCCc1nc(-c2ccccn2)cs1)C1(c2ccccc2)CC1. The fourth-order valence-corrected chi connectivity index (χ4v) is 3.83. The third-order valence-electron chi connectivity index (χ3n) is 4.61. The van der Waals surface area contributed by atoms with Crippen molar-refractivity contribution in [3.63, 3.8) is 0 Å². The van der Waals surface area contributed by atoms with Gasteiger partial charge in [0.2, 0.25) is 5.91 Å². The maximum absolute atomic E-state index is 12.6. The predicted molar refractivity (Wildman–Crippen MR) is 99.4 cm³/mol. The van der Waals surface area contributed by atoms with Crippen molar-refractivity contribution in [3.05, 3.63) is 70.7 Å². The first kappa shape index (κ1) is 16.0. The lowest BCUT2D eigenvalue weighted by molar-refractivity contribution is -0.123. The van der Waals surface area contributed by atoms with Crippen LogP contribution >= 0.6 is 11.3 Å². The lowest BCUT2D eigenvalue weighted by Crippen LogP contribution is -2.35. The van der Waals surface area contributed by atoms with E-state index in [0.717, 1.165) is 41.2 Å². The molecule has 0 unspecified atom stereocenters. The van der Waals surface area contributed by atoms with E-state index in [2.05, 4.69) is 15.3 Å². The van der Waals surface area contributed by atoms with Crippen LogP contribution in [0.1, 0.15) is 23.4 Å². The number of hydrogen-bond donors (Lipinski definition) is 1. The van der Waals surface area contributed by atoms with Gasteiger partial charge in [0, 0.05) is 24.5 Å². The first-order valence-corrected chi connectivity index (χ1v) is 9.35. The highest BCUT2D eigenvalue weighted by Gasteiger charge is 2.50. The van der Waals surface area contributed by atoms with Crippen molar-refractivity contribution in [2.75, 3.05) is 6.54 Å². The molecule has 0 spiro atoms. The summed E-state index contributed by atoms with van der Waals surface area (Å²) < 4.78 is 0. The van der Waals surface area contributed by atoms with E-state index < -0.39 is 0 Å². The van der Waals surface area contributed by atoms with E-state index in [1.807, 2.05) is 53.9 Å². The van der Waals surface area contributed by atoms with Gasteiger partial charge in [-0.2, -0.15) is 0 Å². The first-order chi connectivity index (χ1) is 12.3. The Labute approximate surface area is 151 Å². The van der Waals surface area contributed by atoms with Gasteiger partial charge in [-0.3, -0.25) is 9.78 Å². The van der Waals surface area contributed by atoms with Crippen LogP contribution in [0.2, 0.25) is 0 Å². The molecule has 0 radical (unpaired) electrons. The zero-order chi connectivity index (χ0) is 17.1. The number of nitrogens with zero attached hydrogens (tertiary/aromatic N) is 2. The first-order valence-electron chi connectivity index (χ1n) is 8.48. The van der Waals surface area contributed by atoms with E-state index in [0.29, 0.717) is 6.54 Å². The minimum Gasteiger partial charge on any atom is -0.355 e. The Morgan fingerprint density at radius 3 is 2.60 bits per heavy atom. The average molecular weight is 349 g/mol. The topological polar surface area (TPSA) is 54.9 Å². The molecule has 1 saturated carbocycles. The fraction of sp³-hybridized carbons (Fsp3) is 0.250. The second-order valence-electron chi connectivity index (χ2n) is 6.30. The highest BCUT2D eigenvalue weighted by atomic mass is 32.1. The van der Waals surface area contributed by atoms with Crippen molar-refractivity contribution < 1.29 is 4.79 Å². The maximum atomic E-state index is 12.6.